The van der Waals surface area contributed by atoms with Gasteiger partial charge in [0.1, 0.15) is 11.8 Å². The summed E-state index contributed by atoms with van der Waals surface area (Å²) >= 11 is 0. The lowest BCUT2D eigenvalue weighted by Crippen LogP contribution is -2.53. The van der Waals surface area contributed by atoms with Crippen LogP contribution in [0.5, 0.6) is 5.75 Å². The molecule has 0 bridgehead atoms. The fourth-order valence-corrected chi connectivity index (χ4v) is 3.06. The maximum atomic E-state index is 12.8. The highest BCUT2D eigenvalue weighted by Gasteiger charge is 2.31. The van der Waals surface area contributed by atoms with Gasteiger partial charge in [-0.05, 0) is 43.7 Å². The number of para-hydroxylation sites is 1. The molecule has 1 aromatic carbocycles. The van der Waals surface area contributed by atoms with E-state index in [-0.39, 0.29) is 18.4 Å². The Morgan fingerprint density at radius 2 is 1.85 bits per heavy atom. The van der Waals surface area contributed by atoms with Gasteiger partial charge in [0.15, 0.2) is 0 Å². The number of benzene rings is 1. The third-order valence-electron chi connectivity index (χ3n) is 4.64. The minimum atomic E-state index is -0.550. The molecule has 1 aromatic rings. The summed E-state index contributed by atoms with van der Waals surface area (Å²) in [4.78, 5) is 26.3. The molecule has 1 atom stereocenters. The quantitative estimate of drug-likeness (QED) is 0.809. The van der Waals surface area contributed by atoms with Crippen molar-refractivity contribution < 1.29 is 19.1 Å². The molecule has 0 radical (unpaired) electrons. The lowest BCUT2D eigenvalue weighted by Gasteiger charge is -2.35. The first-order valence-corrected chi connectivity index (χ1v) is 9.41. The monoisotopic (exact) mass is 362 g/mol. The number of alkyl carbamates (subject to hydrolysis) is 1. The molecule has 2 amide bonds. The molecule has 0 spiro atoms. The van der Waals surface area contributed by atoms with Crippen molar-refractivity contribution in [1.29, 1.82) is 0 Å². The third-order valence-corrected chi connectivity index (χ3v) is 4.64. The number of amides is 2. The summed E-state index contributed by atoms with van der Waals surface area (Å²) in [7, 11) is 0. The van der Waals surface area contributed by atoms with Crippen molar-refractivity contribution >= 4 is 12.0 Å². The van der Waals surface area contributed by atoms with Gasteiger partial charge >= 0.3 is 6.09 Å². The molecule has 1 heterocycles. The van der Waals surface area contributed by atoms with E-state index in [0.717, 1.165) is 18.6 Å². The van der Waals surface area contributed by atoms with Gasteiger partial charge in [-0.15, -0.1) is 0 Å². The Hall–Kier alpha value is -2.24. The predicted octanol–water partition coefficient (Wildman–Crippen LogP) is 3.07. The molecule has 1 fully saturated rings. The van der Waals surface area contributed by atoms with Gasteiger partial charge in [0.2, 0.25) is 5.91 Å². The lowest BCUT2D eigenvalue weighted by molar-refractivity contribution is -0.136. The number of nitrogens with zero attached hydrogens (tertiary/aromatic N) is 1. The Kier molecular flexibility index (Phi) is 7.75. The molecular weight excluding hydrogens is 332 g/mol. The second-order valence-corrected chi connectivity index (χ2v) is 6.98. The fourth-order valence-electron chi connectivity index (χ4n) is 3.06. The van der Waals surface area contributed by atoms with Crippen LogP contribution in [0.1, 0.15) is 33.6 Å². The Morgan fingerprint density at radius 3 is 2.42 bits per heavy atom. The number of ether oxygens (including phenoxy) is 2. The first-order valence-electron chi connectivity index (χ1n) is 9.41. The van der Waals surface area contributed by atoms with Gasteiger partial charge in [0.25, 0.3) is 0 Å². The second kappa shape index (κ2) is 10.0. The van der Waals surface area contributed by atoms with Crippen molar-refractivity contribution in [2.75, 3.05) is 26.3 Å². The van der Waals surface area contributed by atoms with Gasteiger partial charge in [-0.3, -0.25) is 4.79 Å². The van der Waals surface area contributed by atoms with E-state index in [0.29, 0.717) is 25.6 Å². The summed E-state index contributed by atoms with van der Waals surface area (Å²) in [6.45, 7) is 7.93. The van der Waals surface area contributed by atoms with E-state index in [2.05, 4.69) is 5.32 Å². The van der Waals surface area contributed by atoms with Crippen molar-refractivity contribution in [1.82, 2.24) is 10.2 Å². The summed E-state index contributed by atoms with van der Waals surface area (Å²) in [6.07, 6.45) is 1.27. The van der Waals surface area contributed by atoms with Gasteiger partial charge in [0.05, 0.1) is 13.2 Å². The Bertz CT molecular complexity index is 568. The second-order valence-electron chi connectivity index (χ2n) is 6.98. The minimum Gasteiger partial charge on any atom is -0.493 e. The standard InChI is InChI=1S/C20H30N2O4/c1-4-25-20(24)21-18(15(2)3)19(23)22-12-10-16(11-13-22)14-26-17-8-6-5-7-9-17/h5-9,15-16,18H,4,10-14H2,1-3H3,(H,21,24). The van der Waals surface area contributed by atoms with Crippen LogP contribution in [0.2, 0.25) is 0 Å². The molecule has 2 rings (SSSR count). The molecule has 1 aliphatic heterocycles. The van der Waals surface area contributed by atoms with Crippen LogP contribution in [0, 0.1) is 11.8 Å². The van der Waals surface area contributed by atoms with E-state index in [1.807, 2.05) is 49.1 Å². The summed E-state index contributed by atoms with van der Waals surface area (Å²) in [5, 5.41) is 2.70. The first-order chi connectivity index (χ1) is 12.5. The molecule has 0 aromatic heterocycles. The number of carbonyl (C=O) groups excluding carboxylic acids is 2. The number of likely N-dealkylation sites (tertiary alicyclic amines) is 1. The summed E-state index contributed by atoms with van der Waals surface area (Å²) in [5.74, 6) is 1.29. The molecule has 0 aliphatic carbocycles. The maximum absolute atomic E-state index is 12.8. The molecule has 0 saturated carbocycles. The molecular formula is C20H30N2O4. The van der Waals surface area contributed by atoms with Crippen molar-refractivity contribution in [2.45, 2.75) is 39.7 Å². The number of hydrogen-bond donors (Lipinski definition) is 1. The van der Waals surface area contributed by atoms with E-state index in [4.69, 9.17) is 9.47 Å². The Balaban J connectivity index is 1.81. The molecule has 1 N–H and O–H groups in total. The van der Waals surface area contributed by atoms with Crippen LogP contribution in [0.4, 0.5) is 4.79 Å². The SMILES string of the molecule is CCOC(=O)NC(C(=O)N1CCC(COc2ccccc2)CC1)C(C)C. The van der Waals surface area contributed by atoms with Crippen LogP contribution in [-0.4, -0.2) is 49.2 Å². The van der Waals surface area contributed by atoms with Crippen LogP contribution in [-0.2, 0) is 9.53 Å². The van der Waals surface area contributed by atoms with E-state index >= 15 is 0 Å². The van der Waals surface area contributed by atoms with Crippen molar-refractivity contribution in [3.63, 3.8) is 0 Å². The molecule has 1 aliphatic rings. The van der Waals surface area contributed by atoms with Crippen LogP contribution in [0.25, 0.3) is 0 Å². The topological polar surface area (TPSA) is 67.9 Å². The van der Waals surface area contributed by atoms with Gasteiger partial charge in [0, 0.05) is 13.1 Å². The molecule has 144 valence electrons. The van der Waals surface area contributed by atoms with Crippen molar-refractivity contribution in [3.8, 4) is 5.75 Å². The zero-order valence-electron chi connectivity index (χ0n) is 15.9. The number of carbonyl (C=O) groups is 2. The van der Waals surface area contributed by atoms with Crippen molar-refractivity contribution in [3.05, 3.63) is 30.3 Å². The summed E-state index contributed by atoms with van der Waals surface area (Å²) in [5.41, 5.74) is 0. The number of piperidine rings is 1. The molecule has 6 nitrogen and oxygen atoms in total. The van der Waals surface area contributed by atoms with E-state index in [9.17, 15) is 9.59 Å². The average molecular weight is 362 g/mol. The van der Waals surface area contributed by atoms with Gasteiger partial charge < -0.3 is 19.7 Å². The highest BCUT2D eigenvalue weighted by Crippen LogP contribution is 2.21. The van der Waals surface area contributed by atoms with E-state index in [1.54, 1.807) is 6.92 Å². The first kappa shape index (κ1) is 20.1. The van der Waals surface area contributed by atoms with Crippen LogP contribution in [0.15, 0.2) is 30.3 Å². The summed E-state index contributed by atoms with van der Waals surface area (Å²) < 4.78 is 10.7. The number of nitrogens with one attached hydrogen (secondary N) is 1. The predicted molar refractivity (Wildman–Crippen MR) is 100 cm³/mol. The number of hydrogen-bond acceptors (Lipinski definition) is 4. The Labute approximate surface area is 155 Å². The van der Waals surface area contributed by atoms with Gasteiger partial charge in [-0.2, -0.15) is 0 Å². The highest BCUT2D eigenvalue weighted by atomic mass is 16.5. The minimum absolute atomic E-state index is 0.00560. The zero-order valence-corrected chi connectivity index (χ0v) is 15.9. The van der Waals surface area contributed by atoms with E-state index in [1.165, 1.54) is 0 Å². The van der Waals surface area contributed by atoms with Crippen LogP contribution >= 0.6 is 0 Å². The molecule has 6 heteroatoms. The van der Waals surface area contributed by atoms with Gasteiger partial charge in [-0.25, -0.2) is 4.79 Å². The molecule has 1 saturated heterocycles. The van der Waals surface area contributed by atoms with Crippen LogP contribution < -0.4 is 10.1 Å². The maximum Gasteiger partial charge on any atom is 0.407 e. The lowest BCUT2D eigenvalue weighted by atomic mass is 9.95. The average Bonchev–Trinajstić information content (AvgIpc) is 2.65. The zero-order chi connectivity index (χ0) is 18.9. The third kappa shape index (κ3) is 5.93. The fraction of sp³-hybridized carbons (Fsp3) is 0.600. The normalized spacial score (nSPS) is 16.2. The van der Waals surface area contributed by atoms with E-state index < -0.39 is 12.1 Å². The highest BCUT2D eigenvalue weighted by molar-refractivity contribution is 5.86. The molecule has 26 heavy (non-hydrogen) atoms. The largest absolute Gasteiger partial charge is 0.493 e. The van der Waals surface area contributed by atoms with Crippen molar-refractivity contribution in [2.24, 2.45) is 11.8 Å². The smallest absolute Gasteiger partial charge is 0.407 e. The van der Waals surface area contributed by atoms with Crippen LogP contribution in [0.3, 0.4) is 0 Å². The van der Waals surface area contributed by atoms with Gasteiger partial charge in [-0.1, -0.05) is 32.0 Å². The molecule has 1 unspecified atom stereocenters. The summed E-state index contributed by atoms with van der Waals surface area (Å²) in [6, 6.07) is 9.23. The number of rotatable bonds is 7. The Morgan fingerprint density at radius 1 is 1.19 bits per heavy atom.